The predicted octanol–water partition coefficient (Wildman–Crippen LogP) is 3.73. The third-order valence-corrected chi connectivity index (χ3v) is 5.50. The fourth-order valence-corrected chi connectivity index (χ4v) is 3.62. The van der Waals surface area contributed by atoms with Gasteiger partial charge in [-0.3, -0.25) is 0 Å². The van der Waals surface area contributed by atoms with Gasteiger partial charge in [-0.15, -0.1) is 0 Å². The second-order valence-corrected chi connectivity index (χ2v) is 7.48. The van der Waals surface area contributed by atoms with E-state index < -0.39 is 0 Å². The van der Waals surface area contributed by atoms with Gasteiger partial charge in [-0.05, 0) is 67.0 Å². The summed E-state index contributed by atoms with van der Waals surface area (Å²) in [5, 5.41) is 12.3. The minimum atomic E-state index is -0.367. The number of phenolic OH excluding ortho intramolecular Hbond substituents is 1. The highest BCUT2D eigenvalue weighted by molar-refractivity contribution is 5.89. The van der Waals surface area contributed by atoms with E-state index in [9.17, 15) is 14.7 Å². The zero-order valence-corrected chi connectivity index (χ0v) is 16.8. The van der Waals surface area contributed by atoms with Crippen LogP contribution in [0.5, 0.6) is 5.75 Å². The lowest BCUT2D eigenvalue weighted by Crippen LogP contribution is -2.44. The zero-order chi connectivity index (χ0) is 20.6. The standard InChI is InChI=1S/C23H28N2O4/c1-29-22(27)20-8-4-19(5-9-20)16-24-23(28)25-14-12-18(13-15-25)3-2-17-6-10-21(26)11-7-17/h4-11,18,26H,2-3,12-16H2,1H3,(H,24,28). The lowest BCUT2D eigenvalue weighted by atomic mass is 9.90. The van der Waals surface area contributed by atoms with Crippen molar-refractivity contribution in [2.75, 3.05) is 20.2 Å². The number of carbonyl (C=O) groups excluding carboxylic acids is 2. The van der Waals surface area contributed by atoms with Crippen molar-refractivity contribution in [3.8, 4) is 5.75 Å². The first-order valence-corrected chi connectivity index (χ1v) is 10.0. The number of nitrogens with one attached hydrogen (secondary N) is 1. The Morgan fingerprint density at radius 1 is 1.03 bits per heavy atom. The van der Waals surface area contributed by atoms with Crippen LogP contribution in [0.1, 0.15) is 40.7 Å². The van der Waals surface area contributed by atoms with E-state index in [0.29, 0.717) is 23.8 Å². The van der Waals surface area contributed by atoms with Gasteiger partial charge < -0.3 is 20.1 Å². The van der Waals surface area contributed by atoms with Gasteiger partial charge in [-0.1, -0.05) is 24.3 Å². The number of urea groups is 1. The topological polar surface area (TPSA) is 78.9 Å². The summed E-state index contributed by atoms with van der Waals surface area (Å²) < 4.78 is 4.68. The third-order valence-electron chi connectivity index (χ3n) is 5.50. The number of benzene rings is 2. The summed E-state index contributed by atoms with van der Waals surface area (Å²) in [7, 11) is 1.35. The van der Waals surface area contributed by atoms with Gasteiger partial charge in [-0.2, -0.15) is 0 Å². The van der Waals surface area contributed by atoms with Crippen LogP contribution in [0.25, 0.3) is 0 Å². The highest BCUT2D eigenvalue weighted by Gasteiger charge is 2.22. The number of piperidine rings is 1. The lowest BCUT2D eigenvalue weighted by molar-refractivity contribution is 0.0600. The van der Waals surface area contributed by atoms with Crippen molar-refractivity contribution in [1.82, 2.24) is 10.2 Å². The van der Waals surface area contributed by atoms with E-state index in [4.69, 9.17) is 0 Å². The summed E-state index contributed by atoms with van der Waals surface area (Å²) >= 11 is 0. The van der Waals surface area contributed by atoms with Gasteiger partial charge in [0.2, 0.25) is 0 Å². The molecular weight excluding hydrogens is 368 g/mol. The summed E-state index contributed by atoms with van der Waals surface area (Å²) in [6, 6.07) is 14.4. The average Bonchev–Trinajstić information content (AvgIpc) is 2.77. The molecule has 2 N–H and O–H groups in total. The number of aryl methyl sites for hydroxylation is 1. The minimum absolute atomic E-state index is 0.0426. The Kier molecular flexibility index (Phi) is 7.11. The number of carbonyl (C=O) groups is 2. The van der Waals surface area contributed by atoms with Gasteiger partial charge in [0.15, 0.2) is 0 Å². The monoisotopic (exact) mass is 396 g/mol. The molecule has 6 heteroatoms. The molecule has 0 atom stereocenters. The number of hydrogen-bond donors (Lipinski definition) is 2. The summed E-state index contributed by atoms with van der Waals surface area (Å²) in [5.74, 6) is 0.556. The van der Waals surface area contributed by atoms with Gasteiger partial charge in [-0.25, -0.2) is 9.59 Å². The molecule has 0 aromatic heterocycles. The van der Waals surface area contributed by atoms with Crippen molar-refractivity contribution in [3.05, 3.63) is 65.2 Å². The molecule has 1 saturated heterocycles. The van der Waals surface area contributed by atoms with Crippen LogP contribution in [0.2, 0.25) is 0 Å². The molecule has 0 bridgehead atoms. The Morgan fingerprint density at radius 3 is 2.28 bits per heavy atom. The van der Waals surface area contributed by atoms with Crippen LogP contribution in [0.15, 0.2) is 48.5 Å². The average molecular weight is 396 g/mol. The van der Waals surface area contributed by atoms with E-state index in [-0.39, 0.29) is 12.0 Å². The van der Waals surface area contributed by atoms with E-state index in [2.05, 4.69) is 10.1 Å². The molecule has 1 aliphatic heterocycles. The third kappa shape index (κ3) is 5.98. The van der Waals surface area contributed by atoms with E-state index in [0.717, 1.165) is 44.3 Å². The summed E-state index contributed by atoms with van der Waals surface area (Å²) in [6.07, 6.45) is 4.13. The van der Waals surface area contributed by atoms with Crippen LogP contribution in [-0.4, -0.2) is 42.2 Å². The summed E-state index contributed by atoms with van der Waals surface area (Å²) in [5.41, 5.74) is 2.67. The molecule has 2 aromatic carbocycles. The Morgan fingerprint density at radius 2 is 1.66 bits per heavy atom. The Bertz CT molecular complexity index is 810. The molecule has 2 aromatic rings. The van der Waals surface area contributed by atoms with Gasteiger partial charge in [0, 0.05) is 19.6 Å². The molecule has 1 aliphatic rings. The van der Waals surface area contributed by atoms with E-state index in [1.807, 2.05) is 29.2 Å². The van der Waals surface area contributed by atoms with Crippen LogP contribution in [-0.2, 0) is 17.7 Å². The van der Waals surface area contributed by atoms with E-state index in [1.165, 1.54) is 12.7 Å². The van der Waals surface area contributed by atoms with Gasteiger partial charge in [0.1, 0.15) is 5.75 Å². The number of likely N-dealkylation sites (tertiary alicyclic amines) is 1. The Labute approximate surface area is 171 Å². The molecular formula is C23H28N2O4. The van der Waals surface area contributed by atoms with Crippen LogP contribution in [0.3, 0.4) is 0 Å². The highest BCUT2D eigenvalue weighted by Crippen LogP contribution is 2.23. The first kappa shape index (κ1) is 20.7. The summed E-state index contributed by atoms with van der Waals surface area (Å²) in [6.45, 7) is 1.97. The number of hydrogen-bond acceptors (Lipinski definition) is 4. The minimum Gasteiger partial charge on any atom is -0.508 e. The quantitative estimate of drug-likeness (QED) is 0.729. The second-order valence-electron chi connectivity index (χ2n) is 7.48. The van der Waals surface area contributed by atoms with E-state index in [1.54, 1.807) is 24.3 Å². The van der Waals surface area contributed by atoms with Crippen molar-refractivity contribution in [3.63, 3.8) is 0 Å². The van der Waals surface area contributed by atoms with Gasteiger partial charge in [0.05, 0.1) is 12.7 Å². The summed E-state index contributed by atoms with van der Waals surface area (Å²) in [4.78, 5) is 25.8. The number of ether oxygens (including phenoxy) is 1. The normalized spacial score (nSPS) is 14.4. The number of methoxy groups -OCH3 is 1. The number of aromatic hydroxyl groups is 1. The van der Waals surface area contributed by atoms with Crippen molar-refractivity contribution in [2.24, 2.45) is 5.92 Å². The van der Waals surface area contributed by atoms with Crippen molar-refractivity contribution in [1.29, 1.82) is 0 Å². The number of rotatable bonds is 6. The molecule has 0 radical (unpaired) electrons. The number of amides is 2. The smallest absolute Gasteiger partial charge is 0.337 e. The first-order valence-electron chi connectivity index (χ1n) is 10.0. The fraction of sp³-hybridized carbons (Fsp3) is 0.391. The molecule has 1 fully saturated rings. The second kappa shape index (κ2) is 9.96. The molecule has 29 heavy (non-hydrogen) atoms. The SMILES string of the molecule is COC(=O)c1ccc(CNC(=O)N2CCC(CCc3ccc(O)cc3)CC2)cc1. The largest absolute Gasteiger partial charge is 0.508 e. The lowest BCUT2D eigenvalue weighted by Gasteiger charge is -2.32. The van der Waals surface area contributed by atoms with Crippen LogP contribution in [0, 0.1) is 5.92 Å². The molecule has 3 rings (SSSR count). The van der Waals surface area contributed by atoms with Crippen LogP contribution >= 0.6 is 0 Å². The van der Waals surface area contributed by atoms with Gasteiger partial charge in [0.25, 0.3) is 0 Å². The maximum absolute atomic E-state index is 12.4. The molecule has 6 nitrogen and oxygen atoms in total. The van der Waals surface area contributed by atoms with Crippen molar-refractivity contribution < 1.29 is 19.4 Å². The molecule has 2 amide bonds. The Hall–Kier alpha value is -3.02. The van der Waals surface area contributed by atoms with E-state index >= 15 is 0 Å². The molecule has 0 unspecified atom stereocenters. The first-order chi connectivity index (χ1) is 14.0. The van der Waals surface area contributed by atoms with Crippen LogP contribution in [0.4, 0.5) is 4.79 Å². The van der Waals surface area contributed by atoms with Crippen LogP contribution < -0.4 is 5.32 Å². The van der Waals surface area contributed by atoms with Gasteiger partial charge >= 0.3 is 12.0 Å². The molecule has 0 saturated carbocycles. The molecule has 0 aliphatic carbocycles. The number of esters is 1. The predicted molar refractivity (Wildman–Crippen MR) is 111 cm³/mol. The Balaban J connectivity index is 1.38. The maximum atomic E-state index is 12.4. The molecule has 1 heterocycles. The number of nitrogens with zero attached hydrogens (tertiary/aromatic N) is 1. The maximum Gasteiger partial charge on any atom is 0.337 e. The molecule has 154 valence electrons. The van der Waals surface area contributed by atoms with Crippen molar-refractivity contribution >= 4 is 12.0 Å². The highest BCUT2D eigenvalue weighted by atomic mass is 16.5. The zero-order valence-electron chi connectivity index (χ0n) is 16.8. The van der Waals surface area contributed by atoms with Crippen molar-refractivity contribution in [2.45, 2.75) is 32.2 Å². The number of phenols is 1. The molecule has 0 spiro atoms. The fourth-order valence-electron chi connectivity index (χ4n) is 3.62.